The lowest BCUT2D eigenvalue weighted by molar-refractivity contribution is -0.384. The van der Waals surface area contributed by atoms with Gasteiger partial charge in [-0.25, -0.2) is 4.98 Å². The largest absolute Gasteiger partial charge is 0.436 e. The number of hydrogen-bond acceptors (Lipinski definition) is 6. The molecular weight excluding hydrogens is 360 g/mol. The summed E-state index contributed by atoms with van der Waals surface area (Å²) in [7, 11) is -4.45. The van der Waals surface area contributed by atoms with Gasteiger partial charge in [0, 0.05) is 34.5 Å². The van der Waals surface area contributed by atoms with E-state index in [4.69, 9.17) is 4.42 Å². The van der Waals surface area contributed by atoms with Gasteiger partial charge in [-0.3, -0.25) is 14.7 Å². The Hall–Kier alpha value is -3.30. The summed E-state index contributed by atoms with van der Waals surface area (Å²) in [5.74, 6) is 0.188. The lowest BCUT2D eigenvalue weighted by Crippen LogP contribution is -1.99. The van der Waals surface area contributed by atoms with Crippen LogP contribution in [0.3, 0.4) is 0 Å². The molecule has 0 aliphatic rings. The second-order valence-electron chi connectivity index (χ2n) is 5.57. The molecule has 0 unspecified atom stereocenters. The monoisotopic (exact) mass is 370 g/mol. The van der Waals surface area contributed by atoms with E-state index < -0.39 is 15.0 Å². The molecule has 1 aromatic heterocycles. The molecule has 4 rings (SSSR count). The molecule has 8 nitrogen and oxygen atoms in total. The Balaban J connectivity index is 1.98. The third-order valence-electron chi connectivity index (χ3n) is 3.97. The van der Waals surface area contributed by atoms with Crippen molar-refractivity contribution in [3.05, 3.63) is 64.7 Å². The predicted octanol–water partition coefficient (Wildman–Crippen LogP) is 3.80. The van der Waals surface area contributed by atoms with Gasteiger partial charge in [0.25, 0.3) is 15.8 Å². The molecule has 9 heteroatoms. The van der Waals surface area contributed by atoms with Crippen molar-refractivity contribution < 1.29 is 22.3 Å². The van der Waals surface area contributed by atoms with E-state index in [-0.39, 0.29) is 22.1 Å². The van der Waals surface area contributed by atoms with Crippen LogP contribution in [0.15, 0.2) is 63.9 Å². The molecule has 1 heterocycles. The van der Waals surface area contributed by atoms with Crippen molar-refractivity contribution >= 4 is 37.7 Å². The first kappa shape index (κ1) is 16.2. The minimum atomic E-state index is -4.45. The Bertz CT molecular complexity index is 1280. The standard InChI is InChI=1S/C17H10N2O6S/c20-19(21)11-7-5-10(6-8-11)17-18-16-13-4-2-1-3-12(13)15(26(22,23)24)9-14(16)25-17/h1-9H,(H,22,23,24). The minimum absolute atomic E-state index is 0.0658. The molecule has 0 fully saturated rings. The van der Waals surface area contributed by atoms with Crippen LogP contribution in [-0.2, 0) is 10.1 Å². The summed E-state index contributed by atoms with van der Waals surface area (Å²) in [6.45, 7) is 0. The highest BCUT2D eigenvalue weighted by Crippen LogP contribution is 2.34. The van der Waals surface area contributed by atoms with Crippen LogP contribution in [0.4, 0.5) is 5.69 Å². The zero-order chi connectivity index (χ0) is 18.5. The fraction of sp³-hybridized carbons (Fsp3) is 0. The number of nitrogens with zero attached hydrogens (tertiary/aromatic N) is 2. The molecule has 4 aromatic rings. The van der Waals surface area contributed by atoms with Gasteiger partial charge in [0.2, 0.25) is 5.89 Å². The van der Waals surface area contributed by atoms with Gasteiger partial charge in [0.1, 0.15) is 10.4 Å². The molecule has 0 bridgehead atoms. The number of non-ortho nitro benzene ring substituents is 1. The first-order chi connectivity index (χ1) is 12.3. The zero-order valence-electron chi connectivity index (χ0n) is 13.0. The van der Waals surface area contributed by atoms with E-state index in [1.54, 1.807) is 24.3 Å². The third kappa shape index (κ3) is 2.59. The van der Waals surface area contributed by atoms with E-state index in [0.717, 1.165) is 0 Å². The van der Waals surface area contributed by atoms with Crippen LogP contribution < -0.4 is 0 Å². The van der Waals surface area contributed by atoms with E-state index >= 15 is 0 Å². The average molecular weight is 370 g/mol. The molecule has 130 valence electrons. The second-order valence-corrected chi connectivity index (χ2v) is 6.96. The van der Waals surface area contributed by atoms with Crippen molar-refractivity contribution in [1.82, 2.24) is 4.98 Å². The van der Waals surface area contributed by atoms with Gasteiger partial charge >= 0.3 is 0 Å². The summed E-state index contributed by atoms with van der Waals surface area (Å²) in [6.07, 6.45) is 0. The van der Waals surface area contributed by atoms with Crippen molar-refractivity contribution in [2.75, 3.05) is 0 Å². The summed E-state index contributed by atoms with van der Waals surface area (Å²) < 4.78 is 38.5. The highest BCUT2D eigenvalue weighted by atomic mass is 32.2. The molecule has 0 aliphatic heterocycles. The van der Waals surface area contributed by atoms with E-state index in [1.165, 1.54) is 30.3 Å². The smallest absolute Gasteiger partial charge is 0.295 e. The molecule has 3 aromatic carbocycles. The van der Waals surface area contributed by atoms with Gasteiger partial charge in [-0.2, -0.15) is 8.42 Å². The molecule has 0 saturated heterocycles. The van der Waals surface area contributed by atoms with Crippen LogP contribution >= 0.6 is 0 Å². The lowest BCUT2D eigenvalue weighted by atomic mass is 10.1. The van der Waals surface area contributed by atoms with Crippen LogP contribution in [-0.4, -0.2) is 22.9 Å². The number of benzene rings is 3. The molecule has 0 saturated carbocycles. The maximum atomic E-state index is 11.7. The van der Waals surface area contributed by atoms with Gasteiger partial charge in [0.15, 0.2) is 5.58 Å². The number of aromatic nitrogens is 1. The van der Waals surface area contributed by atoms with Gasteiger partial charge in [-0.05, 0) is 12.1 Å². The van der Waals surface area contributed by atoms with E-state index in [0.29, 0.717) is 21.9 Å². The summed E-state index contributed by atoms with van der Waals surface area (Å²) in [4.78, 5) is 14.4. The number of rotatable bonds is 3. The Labute approximate surface area is 146 Å². The Morgan fingerprint density at radius 3 is 2.31 bits per heavy atom. The molecular formula is C17H10N2O6S. The molecule has 1 N–H and O–H groups in total. The van der Waals surface area contributed by atoms with Crippen LogP contribution in [0, 0.1) is 10.1 Å². The van der Waals surface area contributed by atoms with Gasteiger partial charge in [-0.1, -0.05) is 24.3 Å². The lowest BCUT2D eigenvalue weighted by Gasteiger charge is -2.03. The van der Waals surface area contributed by atoms with Crippen molar-refractivity contribution in [1.29, 1.82) is 0 Å². The second kappa shape index (κ2) is 5.61. The number of nitro benzene ring substituents is 1. The molecule has 0 radical (unpaired) electrons. The van der Waals surface area contributed by atoms with Gasteiger partial charge < -0.3 is 4.42 Å². The van der Waals surface area contributed by atoms with Gasteiger partial charge in [-0.15, -0.1) is 0 Å². The van der Waals surface area contributed by atoms with E-state index in [9.17, 15) is 23.1 Å². The molecule has 26 heavy (non-hydrogen) atoms. The first-order valence-electron chi connectivity index (χ1n) is 7.39. The Kier molecular flexibility index (Phi) is 3.49. The normalized spacial score (nSPS) is 11.9. The molecule has 0 atom stereocenters. The number of nitro groups is 1. The fourth-order valence-electron chi connectivity index (χ4n) is 2.79. The molecule has 0 aliphatic carbocycles. The fourth-order valence-corrected chi connectivity index (χ4v) is 3.50. The van der Waals surface area contributed by atoms with Crippen molar-refractivity contribution in [2.24, 2.45) is 0 Å². The van der Waals surface area contributed by atoms with Crippen molar-refractivity contribution in [3.63, 3.8) is 0 Å². The summed E-state index contributed by atoms with van der Waals surface area (Å²) in [5.41, 5.74) is 1.05. The number of oxazole rings is 1. The average Bonchev–Trinajstić information content (AvgIpc) is 3.05. The van der Waals surface area contributed by atoms with Crippen LogP contribution in [0.2, 0.25) is 0 Å². The molecule has 0 amide bonds. The molecule has 0 spiro atoms. The summed E-state index contributed by atoms with van der Waals surface area (Å²) in [5, 5.41) is 11.6. The van der Waals surface area contributed by atoms with E-state index in [2.05, 4.69) is 4.98 Å². The SMILES string of the molecule is O=[N+]([O-])c1ccc(-c2nc3c(cc(S(=O)(=O)O)c4ccccc43)o2)cc1. The summed E-state index contributed by atoms with van der Waals surface area (Å²) >= 11 is 0. The highest BCUT2D eigenvalue weighted by molar-refractivity contribution is 7.86. The Morgan fingerprint density at radius 2 is 1.69 bits per heavy atom. The maximum Gasteiger partial charge on any atom is 0.295 e. The van der Waals surface area contributed by atoms with Crippen LogP contribution in [0.5, 0.6) is 0 Å². The summed E-state index contributed by atoms with van der Waals surface area (Å²) in [6, 6.07) is 13.5. The quantitative estimate of drug-likeness (QED) is 0.330. The zero-order valence-corrected chi connectivity index (χ0v) is 13.8. The maximum absolute atomic E-state index is 11.7. The number of fused-ring (bicyclic) bond motifs is 3. The first-order valence-corrected chi connectivity index (χ1v) is 8.83. The Morgan fingerprint density at radius 1 is 1.04 bits per heavy atom. The van der Waals surface area contributed by atoms with Crippen molar-refractivity contribution in [2.45, 2.75) is 4.90 Å². The number of hydrogen-bond donors (Lipinski definition) is 1. The van der Waals surface area contributed by atoms with E-state index in [1.807, 2.05) is 0 Å². The van der Waals surface area contributed by atoms with Crippen LogP contribution in [0.25, 0.3) is 33.3 Å². The third-order valence-corrected chi connectivity index (χ3v) is 4.86. The topological polar surface area (TPSA) is 124 Å². The van der Waals surface area contributed by atoms with Crippen molar-refractivity contribution in [3.8, 4) is 11.5 Å². The minimum Gasteiger partial charge on any atom is -0.436 e. The highest BCUT2D eigenvalue weighted by Gasteiger charge is 2.20. The predicted molar refractivity (Wildman–Crippen MR) is 93.4 cm³/mol. The van der Waals surface area contributed by atoms with Gasteiger partial charge in [0.05, 0.1) is 4.92 Å². The van der Waals surface area contributed by atoms with Crippen LogP contribution in [0.1, 0.15) is 0 Å².